The number of hydrogen-bond donors (Lipinski definition) is 1. The standard InChI is InChI=1S/C17H15ClFNO3/c1-10-3-5-13(11(2)7-10)17(22)23-9-16(21)20-15-6-4-12(19)8-14(15)18/h3-8H,9H2,1-2H3,(H,20,21). The molecule has 2 rings (SSSR count). The highest BCUT2D eigenvalue weighted by Gasteiger charge is 2.13. The van der Waals surface area contributed by atoms with Crippen LogP contribution in [-0.4, -0.2) is 18.5 Å². The van der Waals surface area contributed by atoms with E-state index in [1.165, 1.54) is 12.1 Å². The molecular formula is C17H15ClFNO3. The molecule has 0 saturated carbocycles. The lowest BCUT2D eigenvalue weighted by Gasteiger charge is -2.09. The van der Waals surface area contributed by atoms with E-state index in [1.807, 2.05) is 13.0 Å². The number of halogens is 2. The van der Waals surface area contributed by atoms with E-state index >= 15 is 0 Å². The molecule has 1 N–H and O–H groups in total. The molecule has 23 heavy (non-hydrogen) atoms. The third kappa shape index (κ3) is 4.53. The summed E-state index contributed by atoms with van der Waals surface area (Å²) in [5, 5.41) is 2.52. The lowest BCUT2D eigenvalue weighted by Crippen LogP contribution is -2.21. The lowest BCUT2D eigenvalue weighted by molar-refractivity contribution is -0.119. The SMILES string of the molecule is Cc1ccc(C(=O)OCC(=O)Nc2ccc(F)cc2Cl)c(C)c1. The van der Waals surface area contributed by atoms with Gasteiger partial charge in [0, 0.05) is 0 Å². The number of esters is 1. The highest BCUT2D eigenvalue weighted by atomic mass is 35.5. The van der Waals surface area contributed by atoms with Crippen molar-refractivity contribution < 1.29 is 18.7 Å². The summed E-state index contributed by atoms with van der Waals surface area (Å²) in [6.45, 7) is 3.25. The Labute approximate surface area is 138 Å². The second-order valence-corrected chi connectivity index (χ2v) is 5.47. The van der Waals surface area contributed by atoms with Gasteiger partial charge in [-0.15, -0.1) is 0 Å². The average molecular weight is 336 g/mol. The van der Waals surface area contributed by atoms with E-state index < -0.39 is 24.3 Å². The van der Waals surface area contributed by atoms with Crippen LogP contribution in [0.2, 0.25) is 5.02 Å². The van der Waals surface area contributed by atoms with E-state index in [2.05, 4.69) is 5.32 Å². The minimum Gasteiger partial charge on any atom is -0.452 e. The van der Waals surface area contributed by atoms with Gasteiger partial charge in [-0.25, -0.2) is 9.18 Å². The van der Waals surface area contributed by atoms with Crippen molar-refractivity contribution in [2.24, 2.45) is 0 Å². The number of ether oxygens (including phenoxy) is 1. The van der Waals surface area contributed by atoms with Crippen molar-refractivity contribution in [1.82, 2.24) is 0 Å². The second kappa shape index (κ2) is 7.24. The zero-order chi connectivity index (χ0) is 17.0. The van der Waals surface area contributed by atoms with Crippen molar-refractivity contribution in [3.63, 3.8) is 0 Å². The third-order valence-electron chi connectivity index (χ3n) is 3.14. The van der Waals surface area contributed by atoms with Gasteiger partial charge in [0.2, 0.25) is 0 Å². The maximum atomic E-state index is 12.9. The molecule has 0 fully saturated rings. The highest BCUT2D eigenvalue weighted by Crippen LogP contribution is 2.22. The third-order valence-corrected chi connectivity index (χ3v) is 3.45. The number of carbonyl (C=O) groups is 2. The van der Waals surface area contributed by atoms with E-state index in [0.717, 1.165) is 17.2 Å². The second-order valence-electron chi connectivity index (χ2n) is 5.07. The van der Waals surface area contributed by atoms with E-state index in [1.54, 1.807) is 19.1 Å². The molecule has 0 aromatic heterocycles. The summed E-state index contributed by atoms with van der Waals surface area (Å²) >= 11 is 5.81. The fourth-order valence-corrected chi connectivity index (χ4v) is 2.24. The predicted molar refractivity (Wildman–Crippen MR) is 86.2 cm³/mol. The quantitative estimate of drug-likeness (QED) is 0.862. The van der Waals surface area contributed by atoms with Crippen LogP contribution in [0.5, 0.6) is 0 Å². The predicted octanol–water partition coefficient (Wildman–Crippen LogP) is 3.89. The van der Waals surface area contributed by atoms with Crippen LogP contribution in [-0.2, 0) is 9.53 Å². The average Bonchev–Trinajstić information content (AvgIpc) is 2.48. The Bertz CT molecular complexity index is 761. The first-order chi connectivity index (χ1) is 10.9. The molecular weight excluding hydrogens is 321 g/mol. The molecule has 0 radical (unpaired) electrons. The Hall–Kier alpha value is -2.40. The molecule has 0 bridgehead atoms. The zero-order valence-electron chi connectivity index (χ0n) is 12.7. The van der Waals surface area contributed by atoms with Gasteiger partial charge < -0.3 is 10.1 Å². The van der Waals surface area contributed by atoms with Crippen molar-refractivity contribution in [1.29, 1.82) is 0 Å². The van der Waals surface area contributed by atoms with Gasteiger partial charge in [0.25, 0.3) is 5.91 Å². The van der Waals surface area contributed by atoms with E-state index in [9.17, 15) is 14.0 Å². The molecule has 0 aliphatic carbocycles. The maximum Gasteiger partial charge on any atom is 0.338 e. The van der Waals surface area contributed by atoms with Crippen LogP contribution in [0, 0.1) is 19.7 Å². The van der Waals surface area contributed by atoms with Gasteiger partial charge in [-0.2, -0.15) is 0 Å². The molecule has 0 aliphatic rings. The number of benzene rings is 2. The van der Waals surface area contributed by atoms with Gasteiger partial charge in [0.05, 0.1) is 16.3 Å². The fraction of sp³-hybridized carbons (Fsp3) is 0.176. The number of hydrogen-bond acceptors (Lipinski definition) is 3. The minimum absolute atomic E-state index is 0.0686. The van der Waals surface area contributed by atoms with E-state index in [0.29, 0.717) is 5.56 Å². The van der Waals surface area contributed by atoms with Gasteiger partial charge >= 0.3 is 5.97 Å². The number of rotatable bonds is 4. The van der Waals surface area contributed by atoms with Crippen molar-refractivity contribution in [2.75, 3.05) is 11.9 Å². The lowest BCUT2D eigenvalue weighted by atomic mass is 10.1. The monoisotopic (exact) mass is 335 g/mol. The highest BCUT2D eigenvalue weighted by molar-refractivity contribution is 6.33. The molecule has 4 nitrogen and oxygen atoms in total. The van der Waals surface area contributed by atoms with Gasteiger partial charge in [-0.1, -0.05) is 29.3 Å². The van der Waals surface area contributed by atoms with Gasteiger partial charge in [-0.05, 0) is 43.7 Å². The summed E-state index contributed by atoms with van der Waals surface area (Å²) < 4.78 is 17.9. The summed E-state index contributed by atoms with van der Waals surface area (Å²) in [6.07, 6.45) is 0. The molecule has 1 amide bonds. The first-order valence-electron chi connectivity index (χ1n) is 6.86. The molecule has 0 atom stereocenters. The summed E-state index contributed by atoms with van der Waals surface area (Å²) in [5.74, 6) is -1.64. The first-order valence-corrected chi connectivity index (χ1v) is 7.24. The van der Waals surface area contributed by atoms with Gasteiger partial charge in [0.15, 0.2) is 6.61 Å². The smallest absolute Gasteiger partial charge is 0.338 e. The van der Waals surface area contributed by atoms with E-state index in [-0.39, 0.29) is 10.7 Å². The van der Waals surface area contributed by atoms with Crippen molar-refractivity contribution >= 4 is 29.2 Å². The number of nitrogens with one attached hydrogen (secondary N) is 1. The summed E-state index contributed by atoms with van der Waals surface area (Å²) in [4.78, 5) is 23.8. The molecule has 2 aromatic carbocycles. The number of aryl methyl sites for hydroxylation is 2. The van der Waals surface area contributed by atoms with Crippen LogP contribution >= 0.6 is 11.6 Å². The van der Waals surface area contributed by atoms with Crippen molar-refractivity contribution in [3.8, 4) is 0 Å². The van der Waals surface area contributed by atoms with Crippen LogP contribution in [0.4, 0.5) is 10.1 Å². The Morgan fingerprint density at radius 1 is 1.17 bits per heavy atom. The molecule has 6 heteroatoms. The van der Waals surface area contributed by atoms with Crippen LogP contribution < -0.4 is 5.32 Å². The van der Waals surface area contributed by atoms with Crippen molar-refractivity contribution in [3.05, 3.63) is 63.9 Å². The normalized spacial score (nSPS) is 10.3. The van der Waals surface area contributed by atoms with Gasteiger partial charge in [-0.3, -0.25) is 4.79 Å². The zero-order valence-corrected chi connectivity index (χ0v) is 13.4. The Morgan fingerprint density at radius 3 is 2.57 bits per heavy atom. The molecule has 2 aromatic rings. The molecule has 0 spiro atoms. The van der Waals surface area contributed by atoms with Crippen LogP contribution in [0.15, 0.2) is 36.4 Å². The van der Waals surface area contributed by atoms with Crippen LogP contribution in [0.25, 0.3) is 0 Å². The Balaban J connectivity index is 1.94. The number of amides is 1. The largest absolute Gasteiger partial charge is 0.452 e. The topological polar surface area (TPSA) is 55.4 Å². The molecule has 0 unspecified atom stereocenters. The molecule has 120 valence electrons. The summed E-state index contributed by atoms with van der Waals surface area (Å²) in [7, 11) is 0. The van der Waals surface area contributed by atoms with Crippen LogP contribution in [0.1, 0.15) is 21.5 Å². The van der Waals surface area contributed by atoms with E-state index in [4.69, 9.17) is 16.3 Å². The molecule has 0 aliphatic heterocycles. The fourth-order valence-electron chi connectivity index (χ4n) is 2.03. The summed E-state index contributed by atoms with van der Waals surface area (Å²) in [6, 6.07) is 8.89. The van der Waals surface area contributed by atoms with Crippen molar-refractivity contribution in [2.45, 2.75) is 13.8 Å². The number of anilines is 1. The Morgan fingerprint density at radius 2 is 1.91 bits per heavy atom. The van der Waals surface area contributed by atoms with Gasteiger partial charge in [0.1, 0.15) is 5.82 Å². The summed E-state index contributed by atoms with van der Waals surface area (Å²) in [5.41, 5.74) is 2.46. The van der Waals surface area contributed by atoms with Crippen LogP contribution in [0.3, 0.4) is 0 Å². The molecule has 0 heterocycles. The molecule has 0 saturated heterocycles. The maximum absolute atomic E-state index is 12.9. The Kier molecular flexibility index (Phi) is 5.34. The number of carbonyl (C=O) groups excluding carboxylic acids is 2. The minimum atomic E-state index is -0.581. The first kappa shape index (κ1) is 17.0.